The third-order valence-electron chi connectivity index (χ3n) is 17.4. The van der Waals surface area contributed by atoms with Gasteiger partial charge in [-0.1, -0.05) is 0 Å². The van der Waals surface area contributed by atoms with Gasteiger partial charge in [0, 0.05) is 0 Å². The van der Waals surface area contributed by atoms with Crippen LogP contribution < -0.4 is 18.7 Å². The van der Waals surface area contributed by atoms with Gasteiger partial charge in [0.1, 0.15) is 0 Å². The van der Waals surface area contributed by atoms with Crippen molar-refractivity contribution in [2.75, 3.05) is 18.7 Å². The summed E-state index contributed by atoms with van der Waals surface area (Å²) in [4.78, 5) is 0. The fraction of sp³-hybridized carbons (Fsp3) is 0.250. The van der Waals surface area contributed by atoms with Crippen molar-refractivity contribution in [1.82, 2.24) is 0 Å². The summed E-state index contributed by atoms with van der Waals surface area (Å²) in [6, 6.07) is 44.6. The summed E-state index contributed by atoms with van der Waals surface area (Å²) in [5, 5.41) is 7.93. The molecule has 3 heterocycles. The van der Waals surface area contributed by atoms with Crippen LogP contribution in [0.1, 0.15) is 100 Å². The second-order valence-electron chi connectivity index (χ2n) is 24.5. The van der Waals surface area contributed by atoms with Gasteiger partial charge in [-0.05, 0) is 0 Å². The second-order valence-corrected chi connectivity index (χ2v) is 33.8. The molecule has 0 saturated carbocycles. The zero-order chi connectivity index (χ0) is 57.1. The molecule has 6 radical (unpaired) electrons. The molecule has 0 bridgehead atoms. The van der Waals surface area contributed by atoms with Crippen LogP contribution in [0.4, 0.5) is 68.2 Å². The number of anilines is 12. The maximum atomic E-state index is 2.80. The van der Waals surface area contributed by atoms with Crippen LogP contribution in [-0.2, 0) is 0 Å². The predicted molar refractivity (Wildman–Crippen MR) is 353 cm³/mol. The van der Waals surface area contributed by atoms with Crippen LogP contribution in [0.5, 0.6) is 0 Å². The minimum absolute atomic E-state index is 1.32. The molecule has 6 nitrogen and oxygen atoms in total. The number of rotatable bonds is 6. The summed E-state index contributed by atoms with van der Waals surface area (Å²) in [6.07, 6.45) is 0. The first-order chi connectivity index (χ1) is 38.5. The van der Waals surface area contributed by atoms with Gasteiger partial charge < -0.3 is 0 Å². The Morgan fingerprint density at radius 1 is 0.173 bits per heavy atom. The Labute approximate surface area is 513 Å². The molecule has 0 aliphatic carbocycles. The Balaban J connectivity index is 1.20. The minimum atomic E-state index is -1.56. The molecule has 0 N–H and O–H groups in total. The summed E-state index contributed by atoms with van der Waals surface area (Å²) < 4.78 is 16.8. The molecular formula is C72H72N6Sn3. The van der Waals surface area contributed by atoms with Gasteiger partial charge in [0.2, 0.25) is 0 Å². The molecule has 0 saturated heterocycles. The van der Waals surface area contributed by atoms with Crippen molar-refractivity contribution in [2.24, 2.45) is 0 Å². The van der Waals surface area contributed by atoms with Crippen LogP contribution in [0.25, 0.3) is 32.3 Å². The van der Waals surface area contributed by atoms with E-state index in [2.05, 4.69) is 253 Å². The number of aryl methyl sites for hydroxylation is 18. The molecule has 9 heteroatoms. The van der Waals surface area contributed by atoms with E-state index in [4.69, 9.17) is 0 Å². The molecule has 0 atom stereocenters. The molecule has 0 spiro atoms. The average Bonchev–Trinajstić information content (AvgIpc) is 2.41. The van der Waals surface area contributed by atoms with Crippen LogP contribution in [0, 0.1) is 125 Å². The molecule has 0 fully saturated rings. The zero-order valence-corrected chi connectivity index (χ0v) is 59.1. The Morgan fingerprint density at radius 3 is 0.395 bits per heavy atom. The van der Waals surface area contributed by atoms with Crippen molar-refractivity contribution < 1.29 is 0 Å². The number of benzene rings is 10. The van der Waals surface area contributed by atoms with Crippen LogP contribution in [-0.4, -0.2) is 65.1 Å². The quantitative estimate of drug-likeness (QED) is 0.121. The molecule has 0 unspecified atom stereocenters. The summed E-state index contributed by atoms with van der Waals surface area (Å²) >= 11 is -4.67. The monoisotopic (exact) mass is 1380 g/mol. The number of fused-ring (bicyclic) bond motifs is 9. The molecular weight excluding hydrogens is 1300 g/mol. The van der Waals surface area contributed by atoms with Crippen molar-refractivity contribution in [3.05, 3.63) is 209 Å². The van der Waals surface area contributed by atoms with Gasteiger partial charge in [0.05, 0.1) is 0 Å². The zero-order valence-electron chi connectivity index (χ0n) is 50.6. The number of nitrogens with zero attached hydrogens (tertiary/aromatic N) is 6. The number of hydrogen-bond acceptors (Lipinski definition) is 6. The first-order valence-electron chi connectivity index (χ1n) is 28.7. The summed E-state index contributed by atoms with van der Waals surface area (Å²) in [5.41, 5.74) is 40.2. The standard InChI is InChI=1S/C72H72N6.3Sn/c1-37-19-43(7)67(44(8)20-37)73-61-31-55-56(32-62(61)74-68-45(9)21-38(2)22-46(68)10)58-34-64(76-70-49(13)25-40(4)26-50(70)14)66(78-72-53(17)29-42(6)30-54(72)18)36-60(58)59-35-65(77-71-51(15)27-41(5)28-52(71)16)63(33-57(55)59)75-69-47(11)23-39(3)24-48(69)12;;;/h19-36H,1-18H3;;;/q-6;3*+2. The molecule has 3 aliphatic heterocycles. The maximum absolute atomic E-state index is 2.80. The van der Waals surface area contributed by atoms with E-state index in [0.717, 1.165) is 0 Å². The number of hydrogen-bond donors (Lipinski definition) is 0. The van der Waals surface area contributed by atoms with Crippen LogP contribution in [0.2, 0.25) is 0 Å². The van der Waals surface area contributed by atoms with Crippen LogP contribution in [0.15, 0.2) is 109 Å². The molecule has 0 amide bonds. The Hall–Kier alpha value is -5.82. The topological polar surface area (TPSA) is 19.4 Å². The van der Waals surface area contributed by atoms with Crippen molar-refractivity contribution in [2.45, 2.75) is 125 Å². The van der Waals surface area contributed by atoms with Crippen LogP contribution >= 0.6 is 0 Å². The normalized spacial score (nSPS) is 14.0. The van der Waals surface area contributed by atoms with E-state index >= 15 is 0 Å². The van der Waals surface area contributed by atoms with Gasteiger partial charge in [-0.15, -0.1) is 0 Å². The predicted octanol–water partition coefficient (Wildman–Crippen LogP) is 19.2. The SMILES string of the molecule is Cc1cc(C)c([N]2[Sn][N](c3c(C)cc(C)cc3C)c3cc4c(cc32)c2cc3c(cc2c2cc5c(cc42)[N](c2c(C)cc(C)cc2C)[Sn][N]5c2c(C)cc(C)cc2C)[N](c2c(C)cc(C)cc2C)[Sn][N]3c2c(C)cc(C)cc2C)c(C)c1. The molecule has 0 aromatic heterocycles. The van der Waals surface area contributed by atoms with Crippen molar-refractivity contribution in [1.29, 1.82) is 0 Å². The van der Waals surface area contributed by atoms with Crippen molar-refractivity contribution in [3.63, 3.8) is 0 Å². The van der Waals surface area contributed by atoms with Gasteiger partial charge in [0.25, 0.3) is 0 Å². The molecule has 3 aliphatic rings. The average molecular weight is 1380 g/mol. The van der Waals surface area contributed by atoms with Crippen LogP contribution in [0.3, 0.4) is 0 Å². The molecule has 10 aromatic rings. The molecule has 81 heavy (non-hydrogen) atoms. The van der Waals surface area contributed by atoms with E-state index in [1.807, 2.05) is 0 Å². The van der Waals surface area contributed by atoms with E-state index < -0.39 is 65.1 Å². The van der Waals surface area contributed by atoms with Gasteiger partial charge in [0.15, 0.2) is 0 Å². The van der Waals surface area contributed by atoms with E-state index in [0.29, 0.717) is 0 Å². The van der Waals surface area contributed by atoms with E-state index in [1.165, 1.54) is 201 Å². The molecule has 402 valence electrons. The van der Waals surface area contributed by atoms with Gasteiger partial charge in [-0.25, -0.2) is 0 Å². The summed E-state index contributed by atoms with van der Waals surface area (Å²) in [5.74, 6) is 0. The third-order valence-corrected chi connectivity index (χ3v) is 28.8. The van der Waals surface area contributed by atoms with Gasteiger partial charge in [-0.3, -0.25) is 0 Å². The van der Waals surface area contributed by atoms with Gasteiger partial charge in [-0.2, -0.15) is 0 Å². The Kier molecular flexibility index (Phi) is 13.4. The van der Waals surface area contributed by atoms with Crippen molar-refractivity contribution in [3.8, 4) is 0 Å². The first-order valence-corrected chi connectivity index (χ1v) is 36.3. The second kappa shape index (κ2) is 19.9. The van der Waals surface area contributed by atoms with E-state index in [-0.39, 0.29) is 0 Å². The van der Waals surface area contributed by atoms with Crippen molar-refractivity contribution >= 4 is 166 Å². The summed E-state index contributed by atoms with van der Waals surface area (Å²) in [6.45, 7) is 41.5. The first kappa shape index (κ1) is 54.4. The third kappa shape index (κ3) is 8.75. The van der Waals surface area contributed by atoms with E-state index in [9.17, 15) is 0 Å². The molecule has 13 rings (SSSR count). The summed E-state index contributed by atoms with van der Waals surface area (Å²) in [7, 11) is 0. The Morgan fingerprint density at radius 2 is 0.284 bits per heavy atom. The molecule has 10 aromatic carbocycles. The fourth-order valence-corrected chi connectivity index (χ4v) is 29.3. The van der Waals surface area contributed by atoms with Gasteiger partial charge >= 0.3 is 518 Å². The van der Waals surface area contributed by atoms with E-state index in [1.54, 1.807) is 0 Å². The Bertz CT molecular complexity index is 3530. The fourth-order valence-electron chi connectivity index (χ4n) is 14.9.